The predicted molar refractivity (Wildman–Crippen MR) is 81.6 cm³/mol. The highest BCUT2D eigenvalue weighted by Crippen LogP contribution is 2.33. The zero-order valence-corrected chi connectivity index (χ0v) is 12.8. The molecular weight excluding hydrogens is 265 g/mol. The number of hydrogen-bond acceptors (Lipinski definition) is 2. The Labute approximate surface area is 126 Å². The molecule has 1 aromatic carbocycles. The van der Waals surface area contributed by atoms with E-state index in [0.717, 1.165) is 18.3 Å². The Morgan fingerprint density at radius 1 is 1.24 bits per heavy atom. The minimum atomic E-state index is -0.447. The summed E-state index contributed by atoms with van der Waals surface area (Å²) in [6, 6.07) is 6.27. The maximum atomic E-state index is 13.6. The van der Waals surface area contributed by atoms with Crippen LogP contribution in [0.3, 0.4) is 0 Å². The van der Waals surface area contributed by atoms with Gasteiger partial charge in [-0.25, -0.2) is 4.39 Å². The standard InChI is InChI=1S/C18H24FNO/c1-2-14-5-7-15(8-6-14)4-3-11-21-18-10-9-16(13-20)12-17(18)19/h9-10,12,14-15H,2-8,11H2,1H3. The maximum absolute atomic E-state index is 13.6. The lowest BCUT2D eigenvalue weighted by atomic mass is 9.79. The van der Waals surface area contributed by atoms with Crippen LogP contribution in [0, 0.1) is 29.0 Å². The molecule has 0 aliphatic heterocycles. The number of halogens is 1. The summed E-state index contributed by atoms with van der Waals surface area (Å²) in [6.45, 7) is 2.83. The Hall–Kier alpha value is -1.56. The van der Waals surface area contributed by atoms with Crippen LogP contribution in [-0.4, -0.2) is 6.61 Å². The first-order valence-electron chi connectivity index (χ1n) is 8.05. The van der Waals surface area contributed by atoms with Crippen LogP contribution in [0.4, 0.5) is 4.39 Å². The molecule has 0 bridgehead atoms. The van der Waals surface area contributed by atoms with Crippen LogP contribution in [0.5, 0.6) is 5.75 Å². The molecule has 2 nitrogen and oxygen atoms in total. The molecule has 0 spiro atoms. The molecule has 21 heavy (non-hydrogen) atoms. The molecule has 0 heterocycles. The van der Waals surface area contributed by atoms with Crippen molar-refractivity contribution in [3.05, 3.63) is 29.6 Å². The Morgan fingerprint density at radius 3 is 2.57 bits per heavy atom. The molecule has 2 rings (SSSR count). The molecule has 1 aliphatic carbocycles. The molecule has 0 saturated heterocycles. The van der Waals surface area contributed by atoms with Crippen molar-refractivity contribution in [3.63, 3.8) is 0 Å². The molecule has 1 fully saturated rings. The van der Waals surface area contributed by atoms with Crippen LogP contribution < -0.4 is 4.74 Å². The summed E-state index contributed by atoms with van der Waals surface area (Å²) in [5, 5.41) is 8.69. The molecule has 0 atom stereocenters. The summed E-state index contributed by atoms with van der Waals surface area (Å²) in [5.41, 5.74) is 0.326. The molecule has 1 aliphatic rings. The van der Waals surface area contributed by atoms with Crippen LogP contribution in [0.15, 0.2) is 18.2 Å². The highest BCUT2D eigenvalue weighted by atomic mass is 19.1. The predicted octanol–water partition coefficient (Wildman–Crippen LogP) is 5.07. The van der Waals surface area contributed by atoms with Crippen molar-refractivity contribution in [1.82, 2.24) is 0 Å². The van der Waals surface area contributed by atoms with E-state index >= 15 is 0 Å². The lowest BCUT2D eigenvalue weighted by Crippen LogP contribution is -2.14. The number of rotatable bonds is 6. The molecule has 0 unspecified atom stereocenters. The minimum Gasteiger partial charge on any atom is -0.491 e. The Balaban J connectivity index is 1.67. The molecule has 0 amide bonds. The number of nitriles is 1. The fourth-order valence-corrected chi connectivity index (χ4v) is 3.17. The van der Waals surface area contributed by atoms with Crippen molar-refractivity contribution in [2.24, 2.45) is 11.8 Å². The summed E-state index contributed by atoms with van der Waals surface area (Å²) >= 11 is 0. The molecule has 0 N–H and O–H groups in total. The van der Waals surface area contributed by atoms with Crippen LogP contribution >= 0.6 is 0 Å². The average Bonchev–Trinajstić information content (AvgIpc) is 2.53. The second-order valence-electron chi connectivity index (χ2n) is 6.04. The highest BCUT2D eigenvalue weighted by molar-refractivity contribution is 5.35. The van der Waals surface area contributed by atoms with E-state index in [1.54, 1.807) is 12.1 Å². The first-order valence-corrected chi connectivity index (χ1v) is 8.05. The van der Waals surface area contributed by atoms with E-state index in [9.17, 15) is 4.39 Å². The molecule has 114 valence electrons. The zero-order valence-electron chi connectivity index (χ0n) is 12.8. The largest absolute Gasteiger partial charge is 0.491 e. The monoisotopic (exact) mass is 289 g/mol. The van der Waals surface area contributed by atoms with Gasteiger partial charge < -0.3 is 4.74 Å². The smallest absolute Gasteiger partial charge is 0.166 e. The first-order chi connectivity index (χ1) is 10.2. The van der Waals surface area contributed by atoms with Crippen molar-refractivity contribution in [1.29, 1.82) is 5.26 Å². The lowest BCUT2D eigenvalue weighted by Gasteiger charge is -2.27. The van der Waals surface area contributed by atoms with Crippen LogP contribution in [-0.2, 0) is 0 Å². The van der Waals surface area contributed by atoms with Gasteiger partial charge in [0.25, 0.3) is 0 Å². The molecule has 1 aromatic rings. The summed E-state index contributed by atoms with van der Waals surface area (Å²) in [7, 11) is 0. The van der Waals surface area contributed by atoms with Gasteiger partial charge in [-0.3, -0.25) is 0 Å². The Morgan fingerprint density at radius 2 is 1.95 bits per heavy atom. The third-order valence-electron chi connectivity index (χ3n) is 4.62. The van der Waals surface area contributed by atoms with Gasteiger partial charge in [0.1, 0.15) is 0 Å². The Kier molecular flexibility index (Phi) is 6.04. The van der Waals surface area contributed by atoms with E-state index in [-0.39, 0.29) is 5.75 Å². The number of nitrogens with zero attached hydrogens (tertiary/aromatic N) is 1. The highest BCUT2D eigenvalue weighted by Gasteiger charge is 2.19. The van der Waals surface area contributed by atoms with Gasteiger partial charge in [0.2, 0.25) is 0 Å². The molecular formula is C18H24FNO. The number of ether oxygens (including phenoxy) is 1. The second kappa shape index (κ2) is 8.02. The van der Waals surface area contributed by atoms with Crippen LogP contribution in [0.25, 0.3) is 0 Å². The average molecular weight is 289 g/mol. The van der Waals surface area contributed by atoms with Gasteiger partial charge in [0.15, 0.2) is 11.6 Å². The van der Waals surface area contributed by atoms with E-state index < -0.39 is 5.82 Å². The van der Waals surface area contributed by atoms with Crippen LogP contribution in [0.1, 0.15) is 57.4 Å². The van der Waals surface area contributed by atoms with E-state index in [2.05, 4.69) is 6.92 Å². The van der Waals surface area contributed by atoms with E-state index in [1.807, 2.05) is 6.07 Å². The van der Waals surface area contributed by atoms with Crippen molar-refractivity contribution < 1.29 is 9.13 Å². The molecule has 0 aromatic heterocycles. The number of benzene rings is 1. The van der Waals surface area contributed by atoms with Gasteiger partial charge in [-0.1, -0.05) is 39.0 Å². The molecule has 3 heteroatoms. The lowest BCUT2D eigenvalue weighted by molar-refractivity contribution is 0.231. The van der Waals surface area contributed by atoms with Gasteiger partial charge in [-0.15, -0.1) is 0 Å². The van der Waals surface area contributed by atoms with Crippen molar-refractivity contribution in [2.75, 3.05) is 6.61 Å². The fraction of sp³-hybridized carbons (Fsp3) is 0.611. The van der Waals surface area contributed by atoms with Gasteiger partial charge >= 0.3 is 0 Å². The summed E-state index contributed by atoms with van der Waals surface area (Å²) < 4.78 is 19.1. The van der Waals surface area contributed by atoms with Gasteiger partial charge in [-0.2, -0.15) is 5.26 Å². The van der Waals surface area contributed by atoms with Crippen molar-refractivity contribution >= 4 is 0 Å². The summed E-state index contributed by atoms with van der Waals surface area (Å²) in [5.74, 6) is 1.56. The van der Waals surface area contributed by atoms with Crippen molar-refractivity contribution in [3.8, 4) is 11.8 Å². The van der Waals surface area contributed by atoms with Gasteiger partial charge in [0.05, 0.1) is 18.2 Å². The van der Waals surface area contributed by atoms with Gasteiger partial charge in [-0.05, 0) is 42.9 Å². The van der Waals surface area contributed by atoms with E-state index in [0.29, 0.717) is 12.2 Å². The fourth-order valence-electron chi connectivity index (χ4n) is 3.17. The Bertz CT molecular complexity index is 486. The van der Waals surface area contributed by atoms with Crippen LogP contribution in [0.2, 0.25) is 0 Å². The minimum absolute atomic E-state index is 0.253. The molecule has 0 radical (unpaired) electrons. The maximum Gasteiger partial charge on any atom is 0.166 e. The van der Waals surface area contributed by atoms with E-state index in [1.165, 1.54) is 44.6 Å². The first kappa shape index (κ1) is 15.8. The summed E-state index contributed by atoms with van der Waals surface area (Å²) in [6.07, 6.45) is 8.87. The zero-order chi connectivity index (χ0) is 15.1. The quantitative estimate of drug-likeness (QED) is 0.685. The number of hydrogen-bond donors (Lipinski definition) is 0. The van der Waals surface area contributed by atoms with Crippen molar-refractivity contribution in [2.45, 2.75) is 51.9 Å². The topological polar surface area (TPSA) is 33.0 Å². The van der Waals surface area contributed by atoms with Gasteiger partial charge in [0, 0.05) is 0 Å². The second-order valence-corrected chi connectivity index (χ2v) is 6.04. The van der Waals surface area contributed by atoms with E-state index in [4.69, 9.17) is 10.00 Å². The third-order valence-corrected chi connectivity index (χ3v) is 4.62. The summed E-state index contributed by atoms with van der Waals surface area (Å²) in [4.78, 5) is 0. The molecule has 1 saturated carbocycles. The normalized spacial score (nSPS) is 21.8. The third kappa shape index (κ3) is 4.74. The SMILES string of the molecule is CCC1CCC(CCCOc2ccc(C#N)cc2F)CC1.